The monoisotopic (exact) mass is 309 g/mol. The summed E-state index contributed by atoms with van der Waals surface area (Å²) in [5.74, 6) is 2.01. The van der Waals surface area contributed by atoms with Crippen LogP contribution in [0.25, 0.3) is 11.3 Å². The summed E-state index contributed by atoms with van der Waals surface area (Å²) in [6, 6.07) is 3.92. The van der Waals surface area contributed by atoms with Crippen molar-refractivity contribution in [3.63, 3.8) is 0 Å². The third-order valence-electron chi connectivity index (χ3n) is 2.99. The van der Waals surface area contributed by atoms with Crippen molar-refractivity contribution >= 4 is 21.7 Å². The van der Waals surface area contributed by atoms with Gasteiger partial charge in [0.2, 0.25) is 6.79 Å². The van der Waals surface area contributed by atoms with E-state index >= 15 is 0 Å². The molecule has 1 aliphatic heterocycles. The Morgan fingerprint density at radius 2 is 2.00 bits per heavy atom. The molecule has 0 unspecified atom stereocenters. The molecule has 0 bridgehead atoms. The van der Waals surface area contributed by atoms with Gasteiger partial charge in [-0.25, -0.2) is 0 Å². The van der Waals surface area contributed by atoms with Gasteiger partial charge in [0.05, 0.1) is 10.2 Å². The van der Waals surface area contributed by atoms with Crippen LogP contribution >= 0.6 is 15.9 Å². The highest BCUT2D eigenvalue weighted by molar-refractivity contribution is 9.10. The molecule has 1 aromatic heterocycles. The predicted octanol–water partition coefficient (Wildman–Crippen LogP) is 2.47. The van der Waals surface area contributed by atoms with Gasteiger partial charge in [-0.15, -0.1) is 0 Å². The second-order valence-corrected chi connectivity index (χ2v) is 4.98. The summed E-state index contributed by atoms with van der Waals surface area (Å²) in [6.07, 6.45) is 0. The summed E-state index contributed by atoms with van der Waals surface area (Å²) in [6.45, 7) is 2.29. The summed E-state index contributed by atoms with van der Waals surface area (Å²) in [7, 11) is 1.86. The Morgan fingerprint density at radius 1 is 1.33 bits per heavy atom. The van der Waals surface area contributed by atoms with Gasteiger partial charge in [0.1, 0.15) is 0 Å². The van der Waals surface area contributed by atoms with Crippen molar-refractivity contribution in [2.45, 2.75) is 6.92 Å². The van der Waals surface area contributed by atoms with Crippen LogP contribution in [-0.2, 0) is 7.05 Å². The van der Waals surface area contributed by atoms with Crippen molar-refractivity contribution in [1.29, 1.82) is 0 Å². The number of rotatable bonds is 1. The SMILES string of the molecule is Cc1cc2c(cc1-c1c(Br)c(N)nn1C)OCO2. The first-order chi connectivity index (χ1) is 8.58. The largest absolute Gasteiger partial charge is 0.454 e. The Morgan fingerprint density at radius 3 is 2.61 bits per heavy atom. The average Bonchev–Trinajstić information content (AvgIpc) is 2.84. The number of nitrogens with zero attached hydrogens (tertiary/aromatic N) is 2. The first-order valence-electron chi connectivity index (χ1n) is 5.46. The molecule has 1 aliphatic rings. The maximum Gasteiger partial charge on any atom is 0.231 e. The van der Waals surface area contributed by atoms with Gasteiger partial charge in [0, 0.05) is 12.6 Å². The van der Waals surface area contributed by atoms with Gasteiger partial charge in [-0.3, -0.25) is 4.68 Å². The van der Waals surface area contributed by atoms with Crippen molar-refractivity contribution in [3.8, 4) is 22.8 Å². The Balaban J connectivity index is 2.23. The summed E-state index contributed by atoms with van der Waals surface area (Å²) >= 11 is 3.47. The van der Waals surface area contributed by atoms with Crippen LogP contribution in [0.1, 0.15) is 5.56 Å². The van der Waals surface area contributed by atoms with Crippen LogP contribution < -0.4 is 15.2 Å². The zero-order chi connectivity index (χ0) is 12.9. The van der Waals surface area contributed by atoms with Gasteiger partial charge in [0.15, 0.2) is 17.3 Å². The van der Waals surface area contributed by atoms with Crippen LogP contribution in [0, 0.1) is 6.92 Å². The molecule has 0 radical (unpaired) electrons. The number of fused-ring (bicyclic) bond motifs is 1. The number of anilines is 1. The Bertz CT molecular complexity index is 637. The number of aryl methyl sites for hydroxylation is 2. The average molecular weight is 310 g/mol. The van der Waals surface area contributed by atoms with Gasteiger partial charge >= 0.3 is 0 Å². The van der Waals surface area contributed by atoms with E-state index in [-0.39, 0.29) is 6.79 Å². The summed E-state index contributed by atoms with van der Waals surface area (Å²) in [5, 5.41) is 4.20. The summed E-state index contributed by atoms with van der Waals surface area (Å²) in [4.78, 5) is 0. The van der Waals surface area contributed by atoms with Crippen molar-refractivity contribution < 1.29 is 9.47 Å². The smallest absolute Gasteiger partial charge is 0.231 e. The first kappa shape index (κ1) is 11.4. The Kier molecular flexibility index (Phi) is 2.48. The standard InChI is InChI=1S/C12H12BrN3O2/c1-6-3-8-9(18-5-17-8)4-7(6)11-10(13)12(14)15-16(11)2/h3-4H,5H2,1-2H3,(H2,14,15). The number of nitrogen functional groups attached to an aromatic ring is 1. The van der Waals surface area contributed by atoms with Gasteiger partial charge < -0.3 is 15.2 Å². The van der Waals surface area contributed by atoms with Crippen molar-refractivity contribution in [2.75, 3.05) is 12.5 Å². The lowest BCUT2D eigenvalue weighted by Crippen LogP contribution is -1.96. The third kappa shape index (κ3) is 1.56. The van der Waals surface area contributed by atoms with E-state index < -0.39 is 0 Å². The Hall–Kier alpha value is -1.69. The molecule has 2 N–H and O–H groups in total. The third-order valence-corrected chi connectivity index (χ3v) is 3.77. The molecular weight excluding hydrogens is 298 g/mol. The fourth-order valence-corrected chi connectivity index (χ4v) is 2.66. The first-order valence-corrected chi connectivity index (χ1v) is 6.26. The number of hydrogen-bond donors (Lipinski definition) is 1. The fraction of sp³-hybridized carbons (Fsp3) is 0.250. The van der Waals surface area contributed by atoms with E-state index in [4.69, 9.17) is 15.2 Å². The molecule has 3 rings (SSSR count). The number of nitrogens with two attached hydrogens (primary N) is 1. The van der Waals surface area contributed by atoms with E-state index in [1.807, 2.05) is 26.1 Å². The van der Waals surface area contributed by atoms with Gasteiger partial charge in [-0.1, -0.05) is 0 Å². The number of aromatic nitrogens is 2. The van der Waals surface area contributed by atoms with E-state index in [9.17, 15) is 0 Å². The fourth-order valence-electron chi connectivity index (χ4n) is 2.11. The highest BCUT2D eigenvalue weighted by Crippen LogP contribution is 2.41. The normalized spacial score (nSPS) is 13.1. The molecule has 0 amide bonds. The molecule has 18 heavy (non-hydrogen) atoms. The van der Waals surface area contributed by atoms with Crippen molar-refractivity contribution in [3.05, 3.63) is 22.2 Å². The number of benzene rings is 1. The summed E-state index contributed by atoms with van der Waals surface area (Å²) in [5.41, 5.74) is 8.85. The second kappa shape index (κ2) is 3.91. The molecule has 0 fully saturated rings. The lowest BCUT2D eigenvalue weighted by Gasteiger charge is -2.08. The molecule has 0 saturated carbocycles. The minimum atomic E-state index is 0.271. The number of halogens is 1. The molecule has 94 valence electrons. The minimum absolute atomic E-state index is 0.271. The number of hydrogen-bond acceptors (Lipinski definition) is 4. The maximum atomic E-state index is 5.81. The predicted molar refractivity (Wildman–Crippen MR) is 71.6 cm³/mol. The lowest BCUT2D eigenvalue weighted by molar-refractivity contribution is 0.174. The van der Waals surface area contributed by atoms with Gasteiger partial charge in [-0.05, 0) is 40.5 Å². The van der Waals surface area contributed by atoms with E-state index in [2.05, 4.69) is 21.0 Å². The van der Waals surface area contributed by atoms with Gasteiger partial charge in [0.25, 0.3) is 0 Å². The Labute approximate surface area is 113 Å². The molecule has 6 heteroatoms. The van der Waals surface area contributed by atoms with E-state index in [0.29, 0.717) is 5.82 Å². The quantitative estimate of drug-likeness (QED) is 0.879. The molecule has 0 saturated heterocycles. The van der Waals surface area contributed by atoms with Crippen molar-refractivity contribution in [1.82, 2.24) is 9.78 Å². The second-order valence-electron chi connectivity index (χ2n) is 4.19. The van der Waals surface area contributed by atoms with Crippen LogP contribution in [0.3, 0.4) is 0 Å². The molecule has 2 heterocycles. The molecule has 0 atom stereocenters. The maximum absolute atomic E-state index is 5.81. The minimum Gasteiger partial charge on any atom is -0.454 e. The highest BCUT2D eigenvalue weighted by atomic mass is 79.9. The van der Waals surface area contributed by atoms with E-state index in [1.54, 1.807) is 4.68 Å². The molecule has 5 nitrogen and oxygen atoms in total. The van der Waals surface area contributed by atoms with Crippen LogP contribution in [0.2, 0.25) is 0 Å². The van der Waals surface area contributed by atoms with Crippen LogP contribution in [-0.4, -0.2) is 16.6 Å². The zero-order valence-corrected chi connectivity index (χ0v) is 11.6. The molecule has 1 aromatic carbocycles. The molecule has 0 spiro atoms. The van der Waals surface area contributed by atoms with E-state index in [0.717, 1.165) is 32.8 Å². The van der Waals surface area contributed by atoms with Crippen LogP contribution in [0.15, 0.2) is 16.6 Å². The van der Waals surface area contributed by atoms with E-state index in [1.165, 1.54) is 0 Å². The molecular formula is C12H12BrN3O2. The topological polar surface area (TPSA) is 62.3 Å². The van der Waals surface area contributed by atoms with Crippen molar-refractivity contribution in [2.24, 2.45) is 7.05 Å². The lowest BCUT2D eigenvalue weighted by atomic mass is 10.0. The zero-order valence-electron chi connectivity index (χ0n) is 10.0. The highest BCUT2D eigenvalue weighted by Gasteiger charge is 2.20. The van der Waals surface area contributed by atoms with Gasteiger partial charge in [-0.2, -0.15) is 5.10 Å². The molecule has 0 aliphatic carbocycles. The van der Waals surface area contributed by atoms with Crippen LogP contribution in [0.5, 0.6) is 11.5 Å². The molecule has 2 aromatic rings. The number of ether oxygens (including phenoxy) is 2. The summed E-state index contributed by atoms with van der Waals surface area (Å²) < 4.78 is 13.3. The van der Waals surface area contributed by atoms with Crippen LogP contribution in [0.4, 0.5) is 5.82 Å².